The lowest BCUT2D eigenvalue weighted by Gasteiger charge is -2.20. The molecule has 0 radical (unpaired) electrons. The maximum Gasteiger partial charge on any atom is 0.222 e. The zero-order chi connectivity index (χ0) is 13.8. The van der Waals surface area contributed by atoms with Crippen LogP contribution in [0.15, 0.2) is 18.2 Å². The quantitative estimate of drug-likeness (QED) is 0.876. The van der Waals surface area contributed by atoms with E-state index in [0.29, 0.717) is 6.42 Å². The zero-order valence-corrected chi connectivity index (χ0v) is 12.0. The van der Waals surface area contributed by atoms with E-state index in [0.717, 1.165) is 25.1 Å². The van der Waals surface area contributed by atoms with Gasteiger partial charge >= 0.3 is 0 Å². The molecule has 2 N–H and O–H groups in total. The molecule has 19 heavy (non-hydrogen) atoms. The van der Waals surface area contributed by atoms with Gasteiger partial charge in [-0.25, -0.2) is 0 Å². The van der Waals surface area contributed by atoms with Crippen LogP contribution in [0.25, 0.3) is 0 Å². The minimum Gasteiger partial charge on any atom is -0.382 e. The van der Waals surface area contributed by atoms with Gasteiger partial charge in [0.05, 0.1) is 0 Å². The monoisotopic (exact) mass is 261 g/mol. The molecule has 2 rings (SSSR count). The van der Waals surface area contributed by atoms with Crippen LogP contribution in [0.1, 0.15) is 24.8 Å². The molecule has 1 aromatic rings. The van der Waals surface area contributed by atoms with Crippen molar-refractivity contribution in [3.8, 4) is 0 Å². The van der Waals surface area contributed by atoms with Crippen molar-refractivity contribution < 1.29 is 4.79 Å². The van der Waals surface area contributed by atoms with Crippen LogP contribution in [0.4, 0.5) is 11.4 Å². The molecule has 0 saturated carbocycles. The van der Waals surface area contributed by atoms with Gasteiger partial charge in [-0.3, -0.25) is 4.79 Å². The average Bonchev–Trinajstić information content (AvgIpc) is 2.56. The minimum absolute atomic E-state index is 0.148. The second-order valence-corrected chi connectivity index (χ2v) is 5.43. The number of nitrogens with zero attached hydrogens (tertiary/aromatic N) is 1. The Labute approximate surface area is 115 Å². The molecule has 1 saturated heterocycles. The molecule has 1 amide bonds. The van der Waals surface area contributed by atoms with Crippen molar-refractivity contribution in [2.45, 2.75) is 32.2 Å². The molecule has 1 aromatic carbocycles. The number of nitrogens with one attached hydrogen (secondary N) is 2. The molecule has 0 spiro atoms. The summed E-state index contributed by atoms with van der Waals surface area (Å²) in [5, 5.41) is 6.40. The number of carbonyl (C=O) groups excluding carboxylic acids is 1. The second-order valence-electron chi connectivity index (χ2n) is 5.43. The molecule has 1 unspecified atom stereocenters. The van der Waals surface area contributed by atoms with Gasteiger partial charge in [-0.1, -0.05) is 6.07 Å². The number of rotatable bonds is 3. The Morgan fingerprint density at radius 2 is 2.16 bits per heavy atom. The van der Waals surface area contributed by atoms with Crippen molar-refractivity contribution >= 4 is 17.3 Å². The Kier molecular flexibility index (Phi) is 4.30. The standard InChI is InChI=1S/C15H23N3O/c1-11-6-7-13(9-14(11)18(2)3)17-12-5-4-8-16-15(19)10-12/h6-7,9,12,17H,4-5,8,10H2,1-3H3,(H,16,19). The lowest BCUT2D eigenvalue weighted by molar-refractivity contribution is -0.120. The lowest BCUT2D eigenvalue weighted by Crippen LogP contribution is -2.26. The van der Waals surface area contributed by atoms with E-state index < -0.39 is 0 Å². The molecule has 0 aromatic heterocycles. The number of carbonyl (C=O) groups is 1. The minimum atomic E-state index is 0.148. The molecular formula is C15H23N3O. The highest BCUT2D eigenvalue weighted by atomic mass is 16.1. The number of hydrogen-bond donors (Lipinski definition) is 2. The summed E-state index contributed by atoms with van der Waals surface area (Å²) < 4.78 is 0. The van der Waals surface area contributed by atoms with Crippen molar-refractivity contribution in [3.05, 3.63) is 23.8 Å². The zero-order valence-electron chi connectivity index (χ0n) is 12.0. The van der Waals surface area contributed by atoms with Crippen LogP contribution in [-0.2, 0) is 4.79 Å². The fourth-order valence-electron chi connectivity index (χ4n) is 2.51. The van der Waals surface area contributed by atoms with Crippen molar-refractivity contribution in [3.63, 3.8) is 0 Å². The van der Waals surface area contributed by atoms with Crippen LogP contribution in [0.2, 0.25) is 0 Å². The van der Waals surface area contributed by atoms with E-state index in [1.165, 1.54) is 11.3 Å². The first-order valence-corrected chi connectivity index (χ1v) is 6.87. The van der Waals surface area contributed by atoms with E-state index in [9.17, 15) is 4.79 Å². The fourth-order valence-corrected chi connectivity index (χ4v) is 2.51. The molecule has 1 aliphatic heterocycles. The highest BCUT2D eigenvalue weighted by Crippen LogP contribution is 2.24. The summed E-state index contributed by atoms with van der Waals surface area (Å²) >= 11 is 0. The Hall–Kier alpha value is -1.71. The fraction of sp³-hybridized carbons (Fsp3) is 0.533. The van der Waals surface area contributed by atoms with E-state index in [4.69, 9.17) is 0 Å². The van der Waals surface area contributed by atoms with Crippen LogP contribution in [-0.4, -0.2) is 32.6 Å². The largest absolute Gasteiger partial charge is 0.382 e. The van der Waals surface area contributed by atoms with Crippen LogP contribution in [0.5, 0.6) is 0 Å². The molecule has 1 heterocycles. The molecule has 1 fully saturated rings. The predicted octanol–water partition coefficient (Wildman–Crippen LogP) is 2.14. The number of benzene rings is 1. The first-order chi connectivity index (χ1) is 9.06. The second kappa shape index (κ2) is 5.95. The molecular weight excluding hydrogens is 238 g/mol. The first kappa shape index (κ1) is 13.7. The number of aryl methyl sites for hydroxylation is 1. The van der Waals surface area contributed by atoms with Gasteiger partial charge < -0.3 is 15.5 Å². The van der Waals surface area contributed by atoms with Crippen LogP contribution in [0.3, 0.4) is 0 Å². The van der Waals surface area contributed by atoms with Gasteiger partial charge in [-0.15, -0.1) is 0 Å². The number of hydrogen-bond acceptors (Lipinski definition) is 3. The molecule has 4 heteroatoms. The van der Waals surface area contributed by atoms with E-state index in [1.807, 2.05) is 14.1 Å². The molecule has 0 aliphatic carbocycles. The third-order valence-electron chi connectivity index (χ3n) is 3.55. The normalized spacial score (nSPS) is 19.5. The Morgan fingerprint density at radius 1 is 1.37 bits per heavy atom. The van der Waals surface area contributed by atoms with E-state index in [1.54, 1.807) is 0 Å². The highest BCUT2D eigenvalue weighted by molar-refractivity contribution is 5.77. The summed E-state index contributed by atoms with van der Waals surface area (Å²) in [6, 6.07) is 6.60. The molecule has 1 atom stereocenters. The van der Waals surface area contributed by atoms with Gasteiger partial charge in [0.2, 0.25) is 5.91 Å². The summed E-state index contributed by atoms with van der Waals surface area (Å²) in [6.45, 7) is 2.91. The molecule has 4 nitrogen and oxygen atoms in total. The summed E-state index contributed by atoms with van der Waals surface area (Å²) in [5.74, 6) is 0.148. The van der Waals surface area contributed by atoms with Crippen molar-refractivity contribution in [2.75, 3.05) is 30.9 Å². The van der Waals surface area contributed by atoms with Gasteiger partial charge in [0, 0.05) is 44.5 Å². The van der Waals surface area contributed by atoms with E-state index in [2.05, 4.69) is 40.7 Å². The predicted molar refractivity (Wildman–Crippen MR) is 79.8 cm³/mol. The van der Waals surface area contributed by atoms with Crippen LogP contribution < -0.4 is 15.5 Å². The van der Waals surface area contributed by atoms with Crippen molar-refractivity contribution in [2.24, 2.45) is 0 Å². The summed E-state index contributed by atoms with van der Waals surface area (Å²) in [5.41, 5.74) is 3.56. The number of amides is 1. The van der Waals surface area contributed by atoms with Crippen molar-refractivity contribution in [1.82, 2.24) is 5.32 Å². The van der Waals surface area contributed by atoms with Crippen LogP contribution in [0, 0.1) is 6.92 Å². The lowest BCUT2D eigenvalue weighted by atomic mass is 10.1. The molecule has 0 bridgehead atoms. The maximum atomic E-state index is 11.6. The Morgan fingerprint density at radius 3 is 2.89 bits per heavy atom. The van der Waals surface area contributed by atoms with Crippen molar-refractivity contribution in [1.29, 1.82) is 0 Å². The smallest absolute Gasteiger partial charge is 0.222 e. The highest BCUT2D eigenvalue weighted by Gasteiger charge is 2.17. The van der Waals surface area contributed by atoms with Gasteiger partial charge in [-0.2, -0.15) is 0 Å². The first-order valence-electron chi connectivity index (χ1n) is 6.87. The molecule has 104 valence electrons. The van der Waals surface area contributed by atoms with E-state index in [-0.39, 0.29) is 11.9 Å². The van der Waals surface area contributed by atoms with E-state index >= 15 is 0 Å². The summed E-state index contributed by atoms with van der Waals surface area (Å²) in [7, 11) is 4.09. The summed E-state index contributed by atoms with van der Waals surface area (Å²) in [4.78, 5) is 13.7. The Bertz CT molecular complexity index is 457. The average molecular weight is 261 g/mol. The van der Waals surface area contributed by atoms with Crippen LogP contribution >= 0.6 is 0 Å². The number of anilines is 2. The SMILES string of the molecule is Cc1ccc(NC2CCCNC(=O)C2)cc1N(C)C. The topological polar surface area (TPSA) is 44.4 Å². The Balaban J connectivity index is 2.09. The van der Waals surface area contributed by atoms with Gasteiger partial charge in [0.25, 0.3) is 0 Å². The summed E-state index contributed by atoms with van der Waals surface area (Å²) in [6.07, 6.45) is 2.63. The van der Waals surface area contributed by atoms with Gasteiger partial charge in [0.1, 0.15) is 0 Å². The van der Waals surface area contributed by atoms with Gasteiger partial charge in [0.15, 0.2) is 0 Å². The van der Waals surface area contributed by atoms with Gasteiger partial charge in [-0.05, 0) is 37.5 Å². The third kappa shape index (κ3) is 3.63. The molecule has 1 aliphatic rings. The maximum absolute atomic E-state index is 11.6. The third-order valence-corrected chi connectivity index (χ3v) is 3.55.